The maximum absolute atomic E-state index is 13.8. The smallest absolute Gasteiger partial charge is 0.407 e. The Balaban J connectivity index is 2.41. The minimum absolute atomic E-state index is 0.00298. The molecule has 0 spiro atoms. The molecule has 2 atom stereocenters. The Hall–Kier alpha value is -2.95. The van der Waals surface area contributed by atoms with Crippen LogP contribution in [0.15, 0.2) is 59.5 Å². The second-order valence-electron chi connectivity index (χ2n) is 11.7. The molecule has 1 amide bonds. The van der Waals surface area contributed by atoms with Crippen molar-refractivity contribution in [1.29, 1.82) is 0 Å². The van der Waals surface area contributed by atoms with Crippen LogP contribution in [0.25, 0.3) is 0 Å². The predicted octanol–water partition coefficient (Wildman–Crippen LogP) is 4.15. The zero-order valence-electron chi connectivity index (χ0n) is 23.8. The predicted molar refractivity (Wildman–Crippen MR) is 153 cm³/mol. The van der Waals surface area contributed by atoms with Gasteiger partial charge in [0, 0.05) is 25.2 Å². The highest BCUT2D eigenvalue weighted by atomic mass is 32.2. The van der Waals surface area contributed by atoms with Crippen LogP contribution in [-0.2, 0) is 26.0 Å². The van der Waals surface area contributed by atoms with E-state index in [1.165, 1.54) is 23.4 Å². The van der Waals surface area contributed by atoms with E-state index >= 15 is 0 Å². The van der Waals surface area contributed by atoms with Crippen LogP contribution in [0.2, 0.25) is 0 Å². The first-order valence-electron chi connectivity index (χ1n) is 13.1. The summed E-state index contributed by atoms with van der Waals surface area (Å²) in [6.45, 7) is 10.2. The van der Waals surface area contributed by atoms with Gasteiger partial charge in [0.15, 0.2) is 0 Å². The second-order valence-corrected chi connectivity index (χ2v) is 13.7. The molecule has 0 aliphatic carbocycles. The van der Waals surface area contributed by atoms with Crippen molar-refractivity contribution in [3.63, 3.8) is 0 Å². The van der Waals surface area contributed by atoms with Crippen molar-refractivity contribution in [2.75, 3.05) is 18.8 Å². The van der Waals surface area contributed by atoms with E-state index < -0.39 is 39.3 Å². The molecule has 0 fully saturated rings. The van der Waals surface area contributed by atoms with E-state index in [4.69, 9.17) is 10.5 Å². The summed E-state index contributed by atoms with van der Waals surface area (Å²) < 4.78 is 34.2. The minimum Gasteiger partial charge on any atom is -0.444 e. The third-order valence-corrected chi connectivity index (χ3v) is 7.92. The summed E-state index contributed by atoms with van der Waals surface area (Å²) in [6.07, 6.45) is -0.975. The average molecular weight is 562 g/mol. The van der Waals surface area contributed by atoms with Crippen molar-refractivity contribution in [1.82, 2.24) is 9.62 Å². The van der Waals surface area contributed by atoms with Gasteiger partial charge in [0.1, 0.15) is 11.4 Å². The Kier molecular flexibility index (Phi) is 11.1. The standard InChI is InChI=1S/C29H43N3O6S/c1-21(33)15-16-29(5,6)20-32(39(36,37)24-14-10-13-23(30)18-24)19-26(34)25(17-22-11-8-7-9-12-22)31-27(35)38-28(2,3)4/h7-14,18,25-26,34H,15-17,19-20,30H2,1-6H3,(H,31,35)/t25-,26?/m0/s1. The number of nitrogens with zero attached hydrogens (tertiary/aromatic N) is 1. The molecular weight excluding hydrogens is 518 g/mol. The molecule has 2 aromatic rings. The molecule has 0 bridgehead atoms. The van der Waals surface area contributed by atoms with Gasteiger partial charge in [-0.15, -0.1) is 0 Å². The SMILES string of the molecule is CC(=O)CCC(C)(C)CN(CC(O)[C@H](Cc1ccccc1)NC(=O)OC(C)(C)C)S(=O)(=O)c1cccc(N)c1. The molecule has 0 aromatic heterocycles. The summed E-state index contributed by atoms with van der Waals surface area (Å²) in [5.74, 6) is 0.0119. The number of aliphatic hydroxyl groups excluding tert-OH is 1. The Morgan fingerprint density at radius 2 is 1.69 bits per heavy atom. The molecule has 4 N–H and O–H groups in total. The van der Waals surface area contributed by atoms with Crippen molar-refractivity contribution in [3.8, 4) is 0 Å². The zero-order chi connectivity index (χ0) is 29.4. The van der Waals surface area contributed by atoms with E-state index in [0.717, 1.165) is 5.56 Å². The number of hydrogen-bond donors (Lipinski definition) is 3. The molecule has 0 heterocycles. The number of carbonyl (C=O) groups excluding carboxylic acids is 2. The van der Waals surface area contributed by atoms with E-state index in [-0.39, 0.29) is 30.2 Å². The summed E-state index contributed by atoms with van der Waals surface area (Å²) in [6, 6.07) is 14.4. The first-order chi connectivity index (χ1) is 18.0. The summed E-state index contributed by atoms with van der Waals surface area (Å²) in [5.41, 5.74) is 5.69. The van der Waals surface area contributed by atoms with Crippen LogP contribution in [0.1, 0.15) is 59.9 Å². The van der Waals surface area contributed by atoms with E-state index in [0.29, 0.717) is 18.5 Å². The number of ketones is 1. The Morgan fingerprint density at radius 3 is 2.26 bits per heavy atom. The maximum Gasteiger partial charge on any atom is 0.407 e. The normalized spacial score (nSPS) is 14.1. The third kappa shape index (κ3) is 11.0. The van der Waals surface area contributed by atoms with E-state index in [9.17, 15) is 23.1 Å². The van der Waals surface area contributed by atoms with Crippen molar-refractivity contribution in [2.45, 2.75) is 83.4 Å². The van der Waals surface area contributed by atoms with Gasteiger partial charge < -0.3 is 25.7 Å². The van der Waals surface area contributed by atoms with Crippen LogP contribution in [-0.4, -0.2) is 60.5 Å². The van der Waals surface area contributed by atoms with E-state index in [2.05, 4.69) is 5.32 Å². The number of ether oxygens (including phenoxy) is 1. The van der Waals surface area contributed by atoms with Crippen LogP contribution in [0.4, 0.5) is 10.5 Å². The number of aliphatic hydroxyl groups is 1. The highest BCUT2D eigenvalue weighted by Gasteiger charge is 2.35. The number of benzene rings is 2. The number of nitrogen functional groups attached to an aromatic ring is 1. The number of sulfonamides is 1. The first-order valence-corrected chi connectivity index (χ1v) is 14.5. The van der Waals surface area contributed by atoms with Crippen LogP contribution in [0.3, 0.4) is 0 Å². The molecule has 0 aliphatic heterocycles. The Labute approximate surface area is 232 Å². The Bertz CT molecular complexity index is 1210. The number of carbonyl (C=O) groups is 2. The molecule has 0 aliphatic rings. The van der Waals surface area contributed by atoms with Crippen molar-refractivity contribution >= 4 is 27.6 Å². The molecule has 39 heavy (non-hydrogen) atoms. The topological polar surface area (TPSA) is 139 Å². The number of nitrogens with one attached hydrogen (secondary N) is 1. The van der Waals surface area contributed by atoms with Crippen molar-refractivity contribution in [2.24, 2.45) is 5.41 Å². The third-order valence-electron chi connectivity index (χ3n) is 6.11. The molecule has 216 valence electrons. The highest BCUT2D eigenvalue weighted by Crippen LogP contribution is 2.28. The molecule has 0 radical (unpaired) electrons. The fourth-order valence-electron chi connectivity index (χ4n) is 4.09. The van der Waals surface area contributed by atoms with Gasteiger partial charge in [0.05, 0.1) is 17.0 Å². The maximum atomic E-state index is 13.8. The van der Waals surface area contributed by atoms with Gasteiger partial charge in [0.25, 0.3) is 0 Å². The zero-order valence-corrected chi connectivity index (χ0v) is 24.6. The lowest BCUT2D eigenvalue weighted by Gasteiger charge is -2.35. The lowest BCUT2D eigenvalue weighted by molar-refractivity contribution is -0.117. The lowest BCUT2D eigenvalue weighted by Crippen LogP contribution is -2.52. The van der Waals surface area contributed by atoms with Gasteiger partial charge >= 0.3 is 6.09 Å². The number of alkyl carbamates (subject to hydrolysis) is 1. The van der Waals surface area contributed by atoms with Crippen molar-refractivity contribution < 1.29 is 27.9 Å². The number of anilines is 1. The van der Waals surface area contributed by atoms with Crippen LogP contribution in [0, 0.1) is 5.41 Å². The lowest BCUT2D eigenvalue weighted by atomic mass is 9.87. The number of Topliss-reactive ketones (excluding diaryl/α,β-unsaturated/α-hetero) is 1. The number of amides is 1. The molecule has 0 saturated heterocycles. The van der Waals surface area contributed by atoms with Gasteiger partial charge in [0.2, 0.25) is 10.0 Å². The van der Waals surface area contributed by atoms with Crippen LogP contribution < -0.4 is 11.1 Å². The fourth-order valence-corrected chi connectivity index (χ4v) is 5.79. The molecule has 0 saturated carbocycles. The second kappa shape index (κ2) is 13.4. The highest BCUT2D eigenvalue weighted by molar-refractivity contribution is 7.89. The Morgan fingerprint density at radius 1 is 1.05 bits per heavy atom. The number of rotatable bonds is 13. The van der Waals surface area contributed by atoms with Gasteiger partial charge in [-0.05, 0) is 69.7 Å². The monoisotopic (exact) mass is 561 g/mol. The number of nitrogens with two attached hydrogens (primary N) is 1. The molecule has 9 nitrogen and oxygen atoms in total. The molecule has 2 aromatic carbocycles. The van der Waals surface area contributed by atoms with Crippen LogP contribution in [0.5, 0.6) is 0 Å². The van der Waals surface area contributed by atoms with Gasteiger partial charge in [-0.3, -0.25) is 0 Å². The quantitative estimate of drug-likeness (QED) is 0.312. The molecule has 10 heteroatoms. The largest absolute Gasteiger partial charge is 0.444 e. The van der Waals surface area contributed by atoms with Crippen molar-refractivity contribution in [3.05, 3.63) is 60.2 Å². The van der Waals surface area contributed by atoms with E-state index in [1.807, 2.05) is 44.2 Å². The minimum atomic E-state index is -4.09. The summed E-state index contributed by atoms with van der Waals surface area (Å²) in [7, 11) is -4.09. The summed E-state index contributed by atoms with van der Waals surface area (Å²) in [4.78, 5) is 24.3. The number of hydrogen-bond acceptors (Lipinski definition) is 7. The molecule has 1 unspecified atom stereocenters. The first kappa shape index (κ1) is 32.3. The van der Waals surface area contributed by atoms with Crippen LogP contribution >= 0.6 is 0 Å². The van der Waals surface area contributed by atoms with E-state index in [1.54, 1.807) is 32.9 Å². The summed E-state index contributed by atoms with van der Waals surface area (Å²) >= 11 is 0. The molecule has 2 rings (SSSR count). The molecular formula is C29H43N3O6S. The van der Waals surface area contributed by atoms with Gasteiger partial charge in [-0.1, -0.05) is 50.2 Å². The van der Waals surface area contributed by atoms with Gasteiger partial charge in [-0.25, -0.2) is 13.2 Å². The fraction of sp³-hybridized carbons (Fsp3) is 0.517. The summed E-state index contributed by atoms with van der Waals surface area (Å²) in [5, 5.41) is 14.1. The van der Waals surface area contributed by atoms with Gasteiger partial charge in [-0.2, -0.15) is 4.31 Å². The average Bonchev–Trinajstić information content (AvgIpc) is 2.81.